The Morgan fingerprint density at radius 2 is 1.62 bits per heavy atom. The number of hydrogen-bond acceptors (Lipinski definition) is 2. The molecule has 0 aromatic rings. The van der Waals surface area contributed by atoms with E-state index in [4.69, 9.17) is 0 Å². The molecule has 0 saturated heterocycles. The number of nitrogens with one attached hydrogen (secondary N) is 2. The van der Waals surface area contributed by atoms with Crippen molar-refractivity contribution < 1.29 is 0 Å². The van der Waals surface area contributed by atoms with Crippen molar-refractivity contribution in [2.75, 3.05) is 26.7 Å². The zero-order valence-electron chi connectivity index (χ0n) is 11.6. The van der Waals surface area contributed by atoms with Gasteiger partial charge in [-0.3, -0.25) is 0 Å². The van der Waals surface area contributed by atoms with Crippen LogP contribution in [0.2, 0.25) is 0 Å². The van der Waals surface area contributed by atoms with Crippen LogP contribution in [0.5, 0.6) is 0 Å². The summed E-state index contributed by atoms with van der Waals surface area (Å²) in [5.74, 6) is 1.87. The Morgan fingerprint density at radius 1 is 1.00 bits per heavy atom. The minimum absolute atomic E-state index is 0.518. The molecule has 0 aromatic heterocycles. The van der Waals surface area contributed by atoms with Crippen molar-refractivity contribution in [3.8, 4) is 0 Å². The molecule has 0 heterocycles. The molecular formula is C14H30N2. The van der Waals surface area contributed by atoms with Crippen LogP contribution < -0.4 is 10.6 Å². The lowest BCUT2D eigenvalue weighted by molar-refractivity contribution is 0.149. The predicted octanol–water partition coefficient (Wildman–Crippen LogP) is 2.65. The summed E-state index contributed by atoms with van der Waals surface area (Å²) < 4.78 is 0. The maximum Gasteiger partial charge on any atom is 0.00767 e. The lowest BCUT2D eigenvalue weighted by atomic mass is 9.70. The van der Waals surface area contributed by atoms with Crippen molar-refractivity contribution in [1.29, 1.82) is 0 Å². The Bertz CT molecular complexity index is 176. The molecule has 0 aliphatic heterocycles. The highest BCUT2D eigenvalue weighted by molar-refractivity contribution is 4.81. The molecule has 1 rings (SSSR count). The van der Waals surface area contributed by atoms with E-state index < -0.39 is 0 Å². The molecule has 0 bridgehead atoms. The summed E-state index contributed by atoms with van der Waals surface area (Å²) >= 11 is 0. The highest BCUT2D eigenvalue weighted by atomic mass is 14.9. The molecular weight excluding hydrogens is 196 g/mol. The van der Waals surface area contributed by atoms with Crippen LogP contribution in [0.4, 0.5) is 0 Å². The smallest absolute Gasteiger partial charge is 0.00767 e. The van der Waals surface area contributed by atoms with Gasteiger partial charge < -0.3 is 10.6 Å². The van der Waals surface area contributed by atoms with Gasteiger partial charge in [-0.05, 0) is 56.5 Å². The van der Waals surface area contributed by atoms with E-state index in [1.807, 2.05) is 7.05 Å². The molecule has 2 N–H and O–H groups in total. The first-order valence-electron chi connectivity index (χ1n) is 6.89. The highest BCUT2D eigenvalue weighted by Crippen LogP contribution is 2.39. The average Bonchev–Trinajstić information content (AvgIpc) is 2.24. The second-order valence-corrected chi connectivity index (χ2v) is 6.39. The molecule has 1 aliphatic rings. The van der Waals surface area contributed by atoms with E-state index in [1.54, 1.807) is 0 Å². The van der Waals surface area contributed by atoms with E-state index in [-0.39, 0.29) is 0 Å². The van der Waals surface area contributed by atoms with Crippen LogP contribution in [0.1, 0.15) is 46.5 Å². The van der Waals surface area contributed by atoms with Crippen LogP contribution in [-0.2, 0) is 0 Å². The Kier molecular flexibility index (Phi) is 5.77. The first-order chi connectivity index (χ1) is 7.54. The van der Waals surface area contributed by atoms with Crippen LogP contribution in [0.15, 0.2) is 0 Å². The molecule has 16 heavy (non-hydrogen) atoms. The summed E-state index contributed by atoms with van der Waals surface area (Å²) in [4.78, 5) is 0. The summed E-state index contributed by atoms with van der Waals surface area (Å²) in [6.45, 7) is 10.6. The highest BCUT2D eigenvalue weighted by Gasteiger charge is 2.29. The predicted molar refractivity (Wildman–Crippen MR) is 71.7 cm³/mol. The molecule has 0 spiro atoms. The minimum atomic E-state index is 0.518. The van der Waals surface area contributed by atoms with Gasteiger partial charge in [-0.15, -0.1) is 0 Å². The van der Waals surface area contributed by atoms with Crippen LogP contribution in [0.25, 0.3) is 0 Å². The fourth-order valence-electron chi connectivity index (χ4n) is 2.75. The van der Waals surface area contributed by atoms with Crippen molar-refractivity contribution in [3.63, 3.8) is 0 Å². The standard InChI is InChI=1S/C14H30N2/c1-14(2,3)13-7-5-12(6-8-13)11-16-10-9-15-4/h12-13,15-16H,5-11H2,1-4H3. The molecule has 1 saturated carbocycles. The van der Waals surface area contributed by atoms with Gasteiger partial charge >= 0.3 is 0 Å². The molecule has 0 unspecified atom stereocenters. The van der Waals surface area contributed by atoms with Crippen LogP contribution in [0, 0.1) is 17.3 Å². The van der Waals surface area contributed by atoms with Gasteiger partial charge in [-0.25, -0.2) is 0 Å². The summed E-state index contributed by atoms with van der Waals surface area (Å²) in [7, 11) is 2.01. The monoisotopic (exact) mass is 226 g/mol. The van der Waals surface area contributed by atoms with E-state index in [0.717, 1.165) is 24.9 Å². The molecule has 0 amide bonds. The molecule has 96 valence electrons. The largest absolute Gasteiger partial charge is 0.318 e. The minimum Gasteiger partial charge on any atom is -0.318 e. The Balaban J connectivity index is 2.12. The van der Waals surface area contributed by atoms with Gasteiger partial charge in [0.25, 0.3) is 0 Å². The quantitative estimate of drug-likeness (QED) is 0.704. The maximum absolute atomic E-state index is 3.55. The third-order valence-electron chi connectivity index (χ3n) is 4.06. The van der Waals surface area contributed by atoms with Crippen molar-refractivity contribution in [3.05, 3.63) is 0 Å². The average molecular weight is 226 g/mol. The summed E-state index contributed by atoms with van der Waals surface area (Å²) in [6.07, 6.45) is 5.72. The van der Waals surface area contributed by atoms with Crippen LogP contribution >= 0.6 is 0 Å². The Labute approximate surface area is 102 Å². The maximum atomic E-state index is 3.55. The lowest BCUT2D eigenvalue weighted by Crippen LogP contribution is -2.33. The second-order valence-electron chi connectivity index (χ2n) is 6.39. The van der Waals surface area contributed by atoms with Crippen molar-refractivity contribution in [2.45, 2.75) is 46.5 Å². The third kappa shape index (κ3) is 4.84. The summed E-state index contributed by atoms with van der Waals surface area (Å²) in [5.41, 5.74) is 0.518. The molecule has 2 heteroatoms. The van der Waals surface area contributed by atoms with Crippen LogP contribution in [-0.4, -0.2) is 26.7 Å². The SMILES string of the molecule is CNCCNCC1CCC(C(C)(C)C)CC1. The molecule has 2 nitrogen and oxygen atoms in total. The normalized spacial score (nSPS) is 27.0. The number of hydrogen-bond donors (Lipinski definition) is 2. The van der Waals surface area contributed by atoms with E-state index >= 15 is 0 Å². The molecule has 1 aliphatic carbocycles. The van der Waals surface area contributed by atoms with Gasteiger partial charge in [0.1, 0.15) is 0 Å². The summed E-state index contributed by atoms with van der Waals surface area (Å²) in [5, 5.41) is 6.72. The topological polar surface area (TPSA) is 24.1 Å². The van der Waals surface area contributed by atoms with Gasteiger partial charge in [0, 0.05) is 13.1 Å². The van der Waals surface area contributed by atoms with Crippen molar-refractivity contribution in [1.82, 2.24) is 10.6 Å². The zero-order valence-corrected chi connectivity index (χ0v) is 11.6. The van der Waals surface area contributed by atoms with E-state index in [2.05, 4.69) is 31.4 Å². The summed E-state index contributed by atoms with van der Waals surface area (Å²) in [6, 6.07) is 0. The molecule has 0 atom stereocenters. The van der Waals surface area contributed by atoms with E-state index in [9.17, 15) is 0 Å². The van der Waals surface area contributed by atoms with Gasteiger partial charge in [0.2, 0.25) is 0 Å². The Morgan fingerprint density at radius 3 is 2.12 bits per heavy atom. The second kappa shape index (κ2) is 6.61. The molecule has 0 radical (unpaired) electrons. The van der Waals surface area contributed by atoms with Crippen molar-refractivity contribution in [2.24, 2.45) is 17.3 Å². The van der Waals surface area contributed by atoms with Crippen LogP contribution in [0.3, 0.4) is 0 Å². The number of rotatable bonds is 5. The lowest BCUT2D eigenvalue weighted by Gasteiger charge is -2.37. The van der Waals surface area contributed by atoms with E-state index in [1.165, 1.54) is 32.2 Å². The first kappa shape index (κ1) is 14.0. The van der Waals surface area contributed by atoms with Gasteiger partial charge in [0.15, 0.2) is 0 Å². The Hall–Kier alpha value is -0.0800. The zero-order chi connectivity index (χ0) is 12.0. The fourth-order valence-corrected chi connectivity index (χ4v) is 2.75. The first-order valence-corrected chi connectivity index (χ1v) is 6.89. The third-order valence-corrected chi connectivity index (χ3v) is 4.06. The van der Waals surface area contributed by atoms with Gasteiger partial charge in [-0.1, -0.05) is 20.8 Å². The van der Waals surface area contributed by atoms with Crippen molar-refractivity contribution >= 4 is 0 Å². The molecule has 0 aromatic carbocycles. The van der Waals surface area contributed by atoms with Gasteiger partial charge in [0.05, 0.1) is 0 Å². The number of likely N-dealkylation sites (N-methyl/N-ethyl adjacent to an activating group) is 1. The van der Waals surface area contributed by atoms with E-state index in [0.29, 0.717) is 5.41 Å². The van der Waals surface area contributed by atoms with Gasteiger partial charge in [-0.2, -0.15) is 0 Å². The molecule has 1 fully saturated rings. The fraction of sp³-hybridized carbons (Fsp3) is 1.00.